The van der Waals surface area contributed by atoms with E-state index in [0.29, 0.717) is 12.0 Å². The fourth-order valence-electron chi connectivity index (χ4n) is 2.83. The molecular formula is C15H23N3O. The Morgan fingerprint density at radius 3 is 2.53 bits per heavy atom. The largest absolute Gasteiger partial charge is 0.392 e. The van der Waals surface area contributed by atoms with Crippen molar-refractivity contribution in [2.75, 3.05) is 24.5 Å². The average Bonchev–Trinajstić information content (AvgIpc) is 3.31. The number of pyridine rings is 1. The third kappa shape index (κ3) is 3.45. The molecule has 19 heavy (non-hydrogen) atoms. The summed E-state index contributed by atoms with van der Waals surface area (Å²) >= 11 is 0. The monoisotopic (exact) mass is 261 g/mol. The second kappa shape index (κ2) is 5.88. The molecule has 2 heterocycles. The van der Waals surface area contributed by atoms with Crippen molar-refractivity contribution in [1.29, 1.82) is 0 Å². The zero-order valence-corrected chi connectivity index (χ0v) is 11.3. The van der Waals surface area contributed by atoms with Gasteiger partial charge in [-0.1, -0.05) is 0 Å². The van der Waals surface area contributed by atoms with Crippen LogP contribution in [0.25, 0.3) is 0 Å². The summed E-state index contributed by atoms with van der Waals surface area (Å²) in [5.41, 5.74) is 1.27. The van der Waals surface area contributed by atoms with Crippen molar-refractivity contribution in [1.82, 2.24) is 10.3 Å². The highest BCUT2D eigenvalue weighted by molar-refractivity contribution is 5.44. The Balaban J connectivity index is 1.42. The van der Waals surface area contributed by atoms with Crippen LogP contribution in [0.3, 0.4) is 0 Å². The Morgan fingerprint density at radius 2 is 1.89 bits per heavy atom. The van der Waals surface area contributed by atoms with Crippen LogP contribution in [0, 0.1) is 5.92 Å². The first kappa shape index (κ1) is 12.9. The van der Waals surface area contributed by atoms with Gasteiger partial charge in [0.15, 0.2) is 0 Å². The minimum Gasteiger partial charge on any atom is -0.392 e. The van der Waals surface area contributed by atoms with Crippen molar-refractivity contribution in [3.05, 3.63) is 24.5 Å². The van der Waals surface area contributed by atoms with Gasteiger partial charge in [-0.3, -0.25) is 4.98 Å². The molecule has 2 N–H and O–H groups in total. The van der Waals surface area contributed by atoms with Crippen LogP contribution in [-0.4, -0.2) is 41.9 Å². The van der Waals surface area contributed by atoms with Gasteiger partial charge < -0.3 is 15.3 Å². The van der Waals surface area contributed by atoms with Crippen molar-refractivity contribution in [2.24, 2.45) is 5.92 Å². The summed E-state index contributed by atoms with van der Waals surface area (Å²) in [4.78, 5) is 6.47. The maximum Gasteiger partial charge on any atom is 0.0692 e. The second-order valence-electron chi connectivity index (χ2n) is 5.78. The first-order valence-electron chi connectivity index (χ1n) is 7.39. The molecule has 104 valence electrons. The fraction of sp³-hybridized carbons (Fsp3) is 0.667. The first-order valence-corrected chi connectivity index (χ1v) is 7.39. The maximum absolute atomic E-state index is 9.87. The molecule has 0 aromatic carbocycles. The molecule has 2 aliphatic rings. The topological polar surface area (TPSA) is 48.4 Å². The molecule has 1 aromatic rings. The minimum absolute atomic E-state index is 0.127. The summed E-state index contributed by atoms with van der Waals surface area (Å²) in [5.74, 6) is 0.574. The number of aliphatic hydroxyl groups excluding tert-OH is 1. The molecule has 0 spiro atoms. The van der Waals surface area contributed by atoms with Gasteiger partial charge in [-0.2, -0.15) is 0 Å². The summed E-state index contributed by atoms with van der Waals surface area (Å²) in [6, 6.07) is 4.71. The summed E-state index contributed by atoms with van der Waals surface area (Å²) in [6.07, 6.45) is 8.31. The Kier molecular flexibility index (Phi) is 3.99. The Labute approximate surface area is 114 Å². The molecule has 0 radical (unpaired) electrons. The molecule has 1 unspecified atom stereocenters. The molecule has 1 aliphatic carbocycles. The fourth-order valence-corrected chi connectivity index (χ4v) is 2.83. The molecule has 1 aromatic heterocycles. The second-order valence-corrected chi connectivity index (χ2v) is 5.78. The lowest BCUT2D eigenvalue weighted by Crippen LogP contribution is -2.45. The third-order valence-electron chi connectivity index (χ3n) is 4.30. The summed E-state index contributed by atoms with van der Waals surface area (Å²) < 4.78 is 0. The van der Waals surface area contributed by atoms with Gasteiger partial charge in [-0.25, -0.2) is 0 Å². The quantitative estimate of drug-likeness (QED) is 0.841. The van der Waals surface area contributed by atoms with Crippen LogP contribution in [0.15, 0.2) is 24.5 Å². The van der Waals surface area contributed by atoms with Crippen LogP contribution in [0.4, 0.5) is 5.69 Å². The van der Waals surface area contributed by atoms with E-state index in [2.05, 4.69) is 27.3 Å². The van der Waals surface area contributed by atoms with Crippen molar-refractivity contribution < 1.29 is 5.11 Å². The van der Waals surface area contributed by atoms with E-state index >= 15 is 0 Å². The van der Waals surface area contributed by atoms with Crippen LogP contribution >= 0.6 is 0 Å². The van der Waals surface area contributed by atoms with Gasteiger partial charge in [0.05, 0.1) is 6.10 Å². The predicted octanol–water partition coefficient (Wildman–Crippen LogP) is 1.41. The van der Waals surface area contributed by atoms with E-state index in [-0.39, 0.29) is 6.10 Å². The number of piperidine rings is 1. The van der Waals surface area contributed by atoms with Crippen molar-refractivity contribution in [3.8, 4) is 0 Å². The number of aliphatic hydroxyl groups is 1. The molecule has 1 atom stereocenters. The van der Waals surface area contributed by atoms with Crippen molar-refractivity contribution >= 4 is 5.69 Å². The van der Waals surface area contributed by atoms with Crippen molar-refractivity contribution in [2.45, 2.75) is 37.8 Å². The zero-order chi connectivity index (χ0) is 13.1. The zero-order valence-electron chi connectivity index (χ0n) is 11.3. The molecule has 1 saturated heterocycles. The highest BCUT2D eigenvalue weighted by atomic mass is 16.3. The highest BCUT2D eigenvalue weighted by Gasteiger charge is 2.30. The van der Waals surface area contributed by atoms with Crippen molar-refractivity contribution in [3.63, 3.8) is 0 Å². The van der Waals surface area contributed by atoms with Gasteiger partial charge in [0.25, 0.3) is 0 Å². The van der Waals surface area contributed by atoms with Gasteiger partial charge in [0.2, 0.25) is 0 Å². The molecule has 3 rings (SSSR count). The van der Waals surface area contributed by atoms with Crippen LogP contribution in [0.1, 0.15) is 25.7 Å². The van der Waals surface area contributed by atoms with Crippen LogP contribution in [0.2, 0.25) is 0 Å². The lowest BCUT2D eigenvalue weighted by molar-refractivity contribution is 0.142. The molecule has 4 nitrogen and oxygen atoms in total. The molecule has 0 amide bonds. The number of hydrogen-bond acceptors (Lipinski definition) is 4. The van der Waals surface area contributed by atoms with E-state index in [1.165, 1.54) is 18.5 Å². The molecule has 1 saturated carbocycles. The van der Waals surface area contributed by atoms with Gasteiger partial charge in [0, 0.05) is 43.8 Å². The standard InChI is InChI=1S/C15H23N3O/c19-15(12-1-2-12)11-17-13-5-9-18(10-6-13)14-3-7-16-8-4-14/h3-4,7-8,12-13,15,17,19H,1-2,5-6,9-11H2. The number of hydrogen-bond donors (Lipinski definition) is 2. The summed E-state index contributed by atoms with van der Waals surface area (Å²) in [7, 11) is 0. The van der Waals surface area contributed by atoms with E-state index in [4.69, 9.17) is 0 Å². The molecule has 1 aliphatic heterocycles. The molecule has 2 fully saturated rings. The number of nitrogens with one attached hydrogen (secondary N) is 1. The third-order valence-corrected chi connectivity index (χ3v) is 4.30. The van der Waals surface area contributed by atoms with E-state index in [9.17, 15) is 5.11 Å². The summed E-state index contributed by atoms with van der Waals surface area (Å²) in [5, 5.41) is 13.4. The first-order chi connectivity index (χ1) is 9.33. The van der Waals surface area contributed by atoms with Crippen LogP contribution in [0.5, 0.6) is 0 Å². The molecule has 4 heteroatoms. The smallest absolute Gasteiger partial charge is 0.0692 e. The van der Waals surface area contributed by atoms with Crippen LogP contribution < -0.4 is 10.2 Å². The number of nitrogens with zero attached hydrogens (tertiary/aromatic N) is 2. The Bertz CT molecular complexity index is 386. The van der Waals surface area contributed by atoms with Gasteiger partial charge in [-0.05, 0) is 43.7 Å². The number of rotatable bonds is 5. The molecular weight excluding hydrogens is 238 g/mol. The van der Waals surface area contributed by atoms with E-state index in [1.807, 2.05) is 12.4 Å². The van der Waals surface area contributed by atoms with E-state index < -0.39 is 0 Å². The summed E-state index contributed by atoms with van der Waals surface area (Å²) in [6.45, 7) is 2.94. The minimum atomic E-state index is -0.127. The number of aromatic nitrogens is 1. The lowest BCUT2D eigenvalue weighted by Gasteiger charge is -2.34. The Hall–Kier alpha value is -1.13. The lowest BCUT2D eigenvalue weighted by atomic mass is 10.0. The van der Waals surface area contributed by atoms with Gasteiger partial charge >= 0.3 is 0 Å². The predicted molar refractivity (Wildman–Crippen MR) is 76.2 cm³/mol. The Morgan fingerprint density at radius 1 is 1.21 bits per heavy atom. The average molecular weight is 261 g/mol. The van der Waals surface area contributed by atoms with Crippen LogP contribution in [-0.2, 0) is 0 Å². The SMILES string of the molecule is OC(CNC1CCN(c2ccncc2)CC1)C1CC1. The van der Waals surface area contributed by atoms with Gasteiger partial charge in [-0.15, -0.1) is 0 Å². The number of anilines is 1. The highest BCUT2D eigenvalue weighted by Crippen LogP contribution is 2.32. The van der Waals surface area contributed by atoms with Gasteiger partial charge in [0.1, 0.15) is 0 Å². The maximum atomic E-state index is 9.87. The van der Waals surface area contributed by atoms with E-state index in [0.717, 1.165) is 32.5 Å². The molecule has 0 bridgehead atoms. The van der Waals surface area contributed by atoms with E-state index in [1.54, 1.807) is 0 Å². The normalized spacial score (nSPS) is 22.5.